The Morgan fingerprint density at radius 3 is 2.81 bits per heavy atom. The molecule has 2 aromatic rings. The molecule has 1 aliphatic carbocycles. The highest BCUT2D eigenvalue weighted by Crippen LogP contribution is 2.35. The lowest BCUT2D eigenvalue weighted by molar-refractivity contribution is 0.0170. The van der Waals surface area contributed by atoms with Gasteiger partial charge in [-0.2, -0.15) is 0 Å². The molecular formula is C18H22N2O. The van der Waals surface area contributed by atoms with E-state index in [1.54, 1.807) is 12.4 Å². The van der Waals surface area contributed by atoms with Crippen LogP contribution >= 0.6 is 0 Å². The molecule has 3 heteroatoms. The zero-order chi connectivity index (χ0) is 14.7. The molecule has 0 saturated heterocycles. The number of aliphatic hydroxyl groups is 1. The van der Waals surface area contributed by atoms with E-state index in [1.165, 1.54) is 11.1 Å². The van der Waals surface area contributed by atoms with E-state index < -0.39 is 5.60 Å². The van der Waals surface area contributed by atoms with Crippen LogP contribution in [0.15, 0.2) is 48.8 Å². The number of hydrogen-bond acceptors (Lipinski definition) is 3. The standard InChI is InChI=1S/C18H22N2O/c1-14(15-8-11-19-12-9-15)20-13-18(21)10-4-6-16-5-2-3-7-17(16)18/h2-3,5,7-9,11-12,14,20-21H,4,6,10,13H2,1H3/t14-,18-/m0/s1. The molecule has 1 aromatic carbocycles. The normalized spacial score (nSPS) is 22.6. The number of aromatic nitrogens is 1. The minimum absolute atomic E-state index is 0.200. The Balaban J connectivity index is 1.73. The first-order chi connectivity index (χ1) is 10.2. The van der Waals surface area contributed by atoms with Gasteiger partial charge in [0.25, 0.3) is 0 Å². The van der Waals surface area contributed by atoms with E-state index in [0.717, 1.165) is 24.8 Å². The second-order valence-electron chi connectivity index (χ2n) is 5.93. The van der Waals surface area contributed by atoms with E-state index >= 15 is 0 Å². The van der Waals surface area contributed by atoms with Gasteiger partial charge in [0.05, 0.1) is 0 Å². The van der Waals surface area contributed by atoms with Crippen LogP contribution in [0.1, 0.15) is 42.5 Å². The Kier molecular flexibility index (Phi) is 4.04. The van der Waals surface area contributed by atoms with Gasteiger partial charge in [0.1, 0.15) is 5.60 Å². The van der Waals surface area contributed by atoms with Crippen LogP contribution in [0.5, 0.6) is 0 Å². The van der Waals surface area contributed by atoms with Crippen LogP contribution < -0.4 is 5.32 Å². The summed E-state index contributed by atoms with van der Waals surface area (Å²) in [4.78, 5) is 4.04. The van der Waals surface area contributed by atoms with Crippen molar-refractivity contribution in [3.05, 3.63) is 65.5 Å². The predicted octanol–water partition coefficient (Wildman–Crippen LogP) is 2.96. The maximum Gasteiger partial charge on any atom is 0.102 e. The Bertz CT molecular complexity index is 599. The monoisotopic (exact) mass is 282 g/mol. The van der Waals surface area contributed by atoms with E-state index in [4.69, 9.17) is 0 Å². The topological polar surface area (TPSA) is 45.1 Å². The average molecular weight is 282 g/mol. The largest absolute Gasteiger partial charge is 0.384 e. The van der Waals surface area contributed by atoms with Crippen molar-refractivity contribution in [3.63, 3.8) is 0 Å². The number of benzene rings is 1. The molecule has 110 valence electrons. The number of hydrogen-bond donors (Lipinski definition) is 2. The van der Waals surface area contributed by atoms with Crippen LogP contribution in [-0.4, -0.2) is 16.6 Å². The third kappa shape index (κ3) is 2.99. The Morgan fingerprint density at radius 1 is 1.24 bits per heavy atom. The van der Waals surface area contributed by atoms with E-state index in [-0.39, 0.29) is 6.04 Å². The van der Waals surface area contributed by atoms with Crippen LogP contribution in [0.4, 0.5) is 0 Å². The lowest BCUT2D eigenvalue weighted by Crippen LogP contribution is -2.41. The smallest absolute Gasteiger partial charge is 0.102 e. The minimum atomic E-state index is -0.754. The first-order valence-corrected chi connectivity index (χ1v) is 7.63. The molecule has 21 heavy (non-hydrogen) atoms. The molecule has 1 aliphatic rings. The zero-order valence-corrected chi connectivity index (χ0v) is 12.4. The Labute approximate surface area is 126 Å². The molecular weight excluding hydrogens is 260 g/mol. The van der Waals surface area contributed by atoms with Crippen molar-refractivity contribution < 1.29 is 5.11 Å². The highest BCUT2D eigenvalue weighted by atomic mass is 16.3. The number of rotatable bonds is 4. The van der Waals surface area contributed by atoms with Gasteiger partial charge in [-0.1, -0.05) is 24.3 Å². The van der Waals surface area contributed by atoms with Crippen molar-refractivity contribution in [2.75, 3.05) is 6.54 Å². The predicted molar refractivity (Wildman–Crippen MR) is 83.9 cm³/mol. The first kappa shape index (κ1) is 14.2. The van der Waals surface area contributed by atoms with Gasteiger partial charge in [-0.15, -0.1) is 0 Å². The molecule has 0 spiro atoms. The molecule has 2 N–H and O–H groups in total. The van der Waals surface area contributed by atoms with Gasteiger partial charge in [-0.3, -0.25) is 4.98 Å². The average Bonchev–Trinajstić information content (AvgIpc) is 2.54. The molecule has 0 unspecified atom stereocenters. The van der Waals surface area contributed by atoms with Crippen molar-refractivity contribution in [2.45, 2.75) is 37.8 Å². The van der Waals surface area contributed by atoms with Crippen LogP contribution in [-0.2, 0) is 12.0 Å². The van der Waals surface area contributed by atoms with Crippen LogP contribution in [0.3, 0.4) is 0 Å². The molecule has 3 rings (SSSR count). The van der Waals surface area contributed by atoms with Gasteiger partial charge in [0, 0.05) is 25.0 Å². The van der Waals surface area contributed by atoms with Crippen LogP contribution in [0.2, 0.25) is 0 Å². The van der Waals surface area contributed by atoms with Gasteiger partial charge in [-0.05, 0) is 55.0 Å². The number of nitrogens with one attached hydrogen (secondary N) is 1. The molecule has 2 atom stereocenters. The van der Waals surface area contributed by atoms with Crippen molar-refractivity contribution in [1.82, 2.24) is 10.3 Å². The summed E-state index contributed by atoms with van der Waals surface area (Å²) in [5.74, 6) is 0. The third-order valence-corrected chi connectivity index (χ3v) is 4.46. The lowest BCUT2D eigenvalue weighted by Gasteiger charge is -2.35. The molecule has 0 aliphatic heterocycles. The summed E-state index contributed by atoms with van der Waals surface area (Å²) in [6, 6.07) is 12.5. The molecule has 0 fully saturated rings. The van der Waals surface area contributed by atoms with Crippen LogP contribution in [0, 0.1) is 0 Å². The number of fused-ring (bicyclic) bond motifs is 1. The van der Waals surface area contributed by atoms with Gasteiger partial charge in [0.15, 0.2) is 0 Å². The van der Waals surface area contributed by atoms with Crippen molar-refractivity contribution in [3.8, 4) is 0 Å². The second kappa shape index (κ2) is 5.96. The highest BCUT2D eigenvalue weighted by molar-refractivity contribution is 5.35. The van der Waals surface area contributed by atoms with Gasteiger partial charge in [-0.25, -0.2) is 0 Å². The van der Waals surface area contributed by atoms with E-state index in [1.807, 2.05) is 18.2 Å². The van der Waals surface area contributed by atoms with Gasteiger partial charge >= 0.3 is 0 Å². The number of aryl methyl sites for hydroxylation is 1. The molecule has 0 amide bonds. The minimum Gasteiger partial charge on any atom is -0.384 e. The fourth-order valence-corrected chi connectivity index (χ4v) is 3.17. The van der Waals surface area contributed by atoms with Crippen molar-refractivity contribution >= 4 is 0 Å². The summed E-state index contributed by atoms with van der Waals surface area (Å²) >= 11 is 0. The summed E-state index contributed by atoms with van der Waals surface area (Å²) in [7, 11) is 0. The summed E-state index contributed by atoms with van der Waals surface area (Å²) < 4.78 is 0. The van der Waals surface area contributed by atoms with Crippen LogP contribution in [0.25, 0.3) is 0 Å². The molecule has 1 aromatic heterocycles. The fraction of sp³-hybridized carbons (Fsp3) is 0.389. The van der Waals surface area contributed by atoms with E-state index in [2.05, 4.69) is 35.4 Å². The summed E-state index contributed by atoms with van der Waals surface area (Å²) in [6.45, 7) is 2.70. The van der Waals surface area contributed by atoms with Gasteiger partial charge < -0.3 is 10.4 Å². The molecule has 1 heterocycles. The second-order valence-corrected chi connectivity index (χ2v) is 5.93. The molecule has 0 radical (unpaired) electrons. The van der Waals surface area contributed by atoms with Crippen molar-refractivity contribution in [2.24, 2.45) is 0 Å². The van der Waals surface area contributed by atoms with Crippen molar-refractivity contribution in [1.29, 1.82) is 0 Å². The lowest BCUT2D eigenvalue weighted by atomic mass is 9.79. The maximum atomic E-state index is 11.0. The fourth-order valence-electron chi connectivity index (χ4n) is 3.17. The SMILES string of the molecule is C[C@H](NC[C@@]1(O)CCCc2ccccc21)c1ccncc1. The summed E-state index contributed by atoms with van der Waals surface area (Å²) in [5.41, 5.74) is 2.81. The number of nitrogens with zero attached hydrogens (tertiary/aromatic N) is 1. The quantitative estimate of drug-likeness (QED) is 0.906. The molecule has 0 saturated carbocycles. The van der Waals surface area contributed by atoms with Gasteiger partial charge in [0.2, 0.25) is 0 Å². The highest BCUT2D eigenvalue weighted by Gasteiger charge is 2.34. The summed E-state index contributed by atoms with van der Waals surface area (Å²) in [5, 5.41) is 14.5. The number of pyridine rings is 1. The van der Waals surface area contributed by atoms with E-state index in [0.29, 0.717) is 6.54 Å². The van der Waals surface area contributed by atoms with E-state index in [9.17, 15) is 5.11 Å². The maximum absolute atomic E-state index is 11.0. The molecule has 0 bridgehead atoms. The first-order valence-electron chi connectivity index (χ1n) is 7.63. The zero-order valence-electron chi connectivity index (χ0n) is 12.4. The molecule has 3 nitrogen and oxygen atoms in total. The third-order valence-electron chi connectivity index (χ3n) is 4.46. The summed E-state index contributed by atoms with van der Waals surface area (Å²) in [6.07, 6.45) is 6.54. The Hall–Kier alpha value is -1.71. The Morgan fingerprint density at radius 2 is 2.00 bits per heavy atom.